The van der Waals surface area contributed by atoms with Crippen molar-refractivity contribution >= 4 is 23.3 Å². The molecule has 0 radical (unpaired) electrons. The second-order valence-electron chi connectivity index (χ2n) is 6.31. The van der Waals surface area contributed by atoms with E-state index in [1.165, 1.54) is 11.8 Å². The first-order valence-electron chi connectivity index (χ1n) is 8.14. The van der Waals surface area contributed by atoms with E-state index < -0.39 is 11.2 Å². The van der Waals surface area contributed by atoms with Crippen LogP contribution in [0.25, 0.3) is 5.65 Å². The van der Waals surface area contributed by atoms with E-state index in [1.54, 1.807) is 4.90 Å². The summed E-state index contributed by atoms with van der Waals surface area (Å²) in [6.07, 6.45) is 3.98. The normalized spacial score (nSPS) is 13.3. The maximum atomic E-state index is 12.4. The van der Waals surface area contributed by atoms with Gasteiger partial charge in [0.1, 0.15) is 5.65 Å². The molecule has 3 aromatic heterocycles. The van der Waals surface area contributed by atoms with E-state index in [4.69, 9.17) is 0 Å². The average Bonchev–Trinajstić information content (AvgIpc) is 3.18. The van der Waals surface area contributed by atoms with Crippen molar-refractivity contribution in [2.75, 3.05) is 5.75 Å². The van der Waals surface area contributed by atoms with Crippen molar-refractivity contribution in [3.8, 4) is 0 Å². The number of amides is 1. The van der Waals surface area contributed by atoms with Crippen molar-refractivity contribution in [2.24, 2.45) is 0 Å². The summed E-state index contributed by atoms with van der Waals surface area (Å²) < 4.78 is 1.98. The number of nitrogens with one attached hydrogen (secondary N) is 2. The number of aryl methyl sites for hydroxylation is 1. The Balaban J connectivity index is 1.36. The quantitative estimate of drug-likeness (QED) is 0.706. The van der Waals surface area contributed by atoms with Crippen LogP contribution in [-0.2, 0) is 23.6 Å². The number of carbonyl (C=O) groups is 1. The molecule has 0 bridgehead atoms. The van der Waals surface area contributed by atoms with Crippen LogP contribution in [0.3, 0.4) is 0 Å². The van der Waals surface area contributed by atoms with E-state index >= 15 is 0 Å². The van der Waals surface area contributed by atoms with Crippen molar-refractivity contribution in [1.29, 1.82) is 0 Å². The minimum atomic E-state index is -0.542. The summed E-state index contributed by atoms with van der Waals surface area (Å²) in [5.74, 6) is 0.860. The number of thioether (sulfide) groups is 1. The first-order chi connectivity index (χ1) is 12.5. The molecule has 0 saturated heterocycles. The van der Waals surface area contributed by atoms with Gasteiger partial charge >= 0.3 is 5.69 Å². The molecule has 1 aliphatic heterocycles. The fourth-order valence-electron chi connectivity index (χ4n) is 3.03. The van der Waals surface area contributed by atoms with E-state index in [9.17, 15) is 14.4 Å². The first kappa shape index (κ1) is 16.6. The molecule has 1 aliphatic rings. The third-order valence-corrected chi connectivity index (χ3v) is 5.26. The molecule has 1 amide bonds. The fraction of sp³-hybridized carbons (Fsp3) is 0.294. The van der Waals surface area contributed by atoms with Gasteiger partial charge in [0.15, 0.2) is 0 Å². The Morgan fingerprint density at radius 2 is 2.08 bits per heavy atom. The van der Waals surface area contributed by atoms with Crippen LogP contribution in [0.2, 0.25) is 0 Å². The Hall–Kier alpha value is -2.81. The van der Waals surface area contributed by atoms with Gasteiger partial charge in [-0.3, -0.25) is 14.6 Å². The molecule has 134 valence electrons. The molecule has 9 heteroatoms. The lowest BCUT2D eigenvalue weighted by Crippen LogP contribution is -2.28. The third-order valence-electron chi connectivity index (χ3n) is 4.30. The van der Waals surface area contributed by atoms with E-state index in [-0.39, 0.29) is 19.0 Å². The maximum Gasteiger partial charge on any atom is 0.325 e. The van der Waals surface area contributed by atoms with Crippen LogP contribution in [0.4, 0.5) is 0 Å². The molecule has 0 aliphatic carbocycles. The average molecular weight is 371 g/mol. The van der Waals surface area contributed by atoms with Gasteiger partial charge in [0.2, 0.25) is 5.91 Å². The van der Waals surface area contributed by atoms with Crippen LogP contribution >= 0.6 is 11.8 Å². The van der Waals surface area contributed by atoms with Crippen molar-refractivity contribution in [2.45, 2.75) is 25.8 Å². The molecule has 4 heterocycles. The minimum absolute atomic E-state index is 0.0638. The molecule has 8 nitrogen and oxygen atoms in total. The summed E-state index contributed by atoms with van der Waals surface area (Å²) in [6.45, 7) is 2.52. The molecule has 0 fully saturated rings. The third kappa shape index (κ3) is 3.17. The summed E-state index contributed by atoms with van der Waals surface area (Å²) in [6, 6.07) is 3.98. The summed E-state index contributed by atoms with van der Waals surface area (Å²) in [5, 5.41) is 0. The fourth-order valence-corrected chi connectivity index (χ4v) is 3.84. The monoisotopic (exact) mass is 371 g/mol. The number of rotatable bonds is 4. The predicted molar refractivity (Wildman–Crippen MR) is 98.0 cm³/mol. The molecule has 26 heavy (non-hydrogen) atoms. The zero-order valence-corrected chi connectivity index (χ0v) is 14.9. The van der Waals surface area contributed by atoms with Crippen LogP contribution in [0, 0.1) is 6.92 Å². The highest BCUT2D eigenvalue weighted by Crippen LogP contribution is 2.19. The van der Waals surface area contributed by atoms with Crippen molar-refractivity contribution < 1.29 is 4.79 Å². The van der Waals surface area contributed by atoms with Crippen LogP contribution in [-0.4, -0.2) is 35.9 Å². The van der Waals surface area contributed by atoms with E-state index in [2.05, 4.69) is 15.0 Å². The van der Waals surface area contributed by atoms with Gasteiger partial charge in [-0.05, 0) is 18.6 Å². The van der Waals surface area contributed by atoms with Crippen LogP contribution in [0.5, 0.6) is 0 Å². The van der Waals surface area contributed by atoms with Gasteiger partial charge in [0.05, 0.1) is 30.1 Å². The second kappa shape index (κ2) is 6.49. The Morgan fingerprint density at radius 3 is 2.92 bits per heavy atom. The van der Waals surface area contributed by atoms with Gasteiger partial charge in [-0.2, -0.15) is 0 Å². The number of hydrogen-bond donors (Lipinski definition) is 2. The van der Waals surface area contributed by atoms with E-state index in [1.807, 2.05) is 35.9 Å². The zero-order valence-electron chi connectivity index (χ0n) is 14.1. The van der Waals surface area contributed by atoms with Crippen LogP contribution in [0.15, 0.2) is 34.1 Å². The Bertz CT molecular complexity index is 1110. The largest absolute Gasteiger partial charge is 0.332 e. The highest BCUT2D eigenvalue weighted by atomic mass is 32.2. The molecular weight excluding hydrogens is 354 g/mol. The molecule has 4 rings (SSSR count). The van der Waals surface area contributed by atoms with E-state index in [0.717, 1.165) is 16.9 Å². The summed E-state index contributed by atoms with van der Waals surface area (Å²) in [5.41, 5.74) is 2.97. The molecule has 0 atom stereocenters. The van der Waals surface area contributed by atoms with Crippen LogP contribution < -0.4 is 11.2 Å². The Morgan fingerprint density at radius 1 is 1.23 bits per heavy atom. The number of aromatic amines is 2. The standard InChI is InChI=1S/C17H17N5O3S/c1-10-2-3-14-18-11(5-21(14)4-10)8-26-9-15(23)22-6-12-13(7-22)19-17(25)20-16(12)24/h2-5H,6-9H2,1H3,(H2,19,20,24,25). The van der Waals surface area contributed by atoms with Crippen LogP contribution in [0.1, 0.15) is 22.5 Å². The van der Waals surface area contributed by atoms with Gasteiger partial charge in [0.25, 0.3) is 5.56 Å². The molecular formula is C17H17N5O3S. The highest BCUT2D eigenvalue weighted by Gasteiger charge is 2.26. The number of pyridine rings is 1. The number of aromatic nitrogens is 4. The molecule has 0 saturated carbocycles. The number of imidazole rings is 1. The number of carbonyl (C=O) groups excluding carboxylic acids is 1. The summed E-state index contributed by atoms with van der Waals surface area (Å²) in [4.78, 5) is 46.4. The topological polar surface area (TPSA) is 103 Å². The number of nitrogens with zero attached hydrogens (tertiary/aromatic N) is 3. The number of hydrogen-bond acceptors (Lipinski definition) is 5. The molecule has 3 aromatic rings. The predicted octanol–water partition coefficient (Wildman–Crippen LogP) is 0.795. The van der Waals surface area contributed by atoms with Gasteiger partial charge in [0, 0.05) is 23.8 Å². The Kier molecular flexibility index (Phi) is 4.15. The van der Waals surface area contributed by atoms with E-state index in [0.29, 0.717) is 22.8 Å². The molecule has 0 spiro atoms. The molecule has 0 aromatic carbocycles. The molecule has 2 N–H and O–H groups in total. The van der Waals surface area contributed by atoms with Crippen molar-refractivity contribution in [3.05, 3.63) is 67.9 Å². The SMILES string of the molecule is Cc1ccc2nc(CSCC(=O)N3Cc4[nH]c(=O)[nH]c(=O)c4C3)cn2c1. The highest BCUT2D eigenvalue weighted by molar-refractivity contribution is 7.99. The first-order valence-corrected chi connectivity index (χ1v) is 9.29. The number of H-pyrrole nitrogens is 2. The zero-order chi connectivity index (χ0) is 18.3. The minimum Gasteiger partial charge on any atom is -0.332 e. The Labute approximate surface area is 152 Å². The summed E-state index contributed by atoms with van der Waals surface area (Å²) >= 11 is 1.48. The van der Waals surface area contributed by atoms with Gasteiger partial charge < -0.3 is 14.3 Å². The lowest BCUT2D eigenvalue weighted by Gasteiger charge is -2.14. The van der Waals surface area contributed by atoms with Gasteiger partial charge in [-0.1, -0.05) is 6.07 Å². The lowest BCUT2D eigenvalue weighted by molar-refractivity contribution is -0.128. The van der Waals surface area contributed by atoms with Crippen molar-refractivity contribution in [1.82, 2.24) is 24.3 Å². The van der Waals surface area contributed by atoms with Gasteiger partial charge in [-0.15, -0.1) is 11.8 Å². The van der Waals surface area contributed by atoms with Crippen molar-refractivity contribution in [3.63, 3.8) is 0 Å². The lowest BCUT2D eigenvalue weighted by atomic mass is 10.3. The second-order valence-corrected chi connectivity index (χ2v) is 7.30. The summed E-state index contributed by atoms with van der Waals surface area (Å²) in [7, 11) is 0. The smallest absolute Gasteiger partial charge is 0.325 e. The van der Waals surface area contributed by atoms with Gasteiger partial charge in [-0.25, -0.2) is 9.78 Å². The molecule has 0 unspecified atom stereocenters. The number of fused-ring (bicyclic) bond motifs is 2. The maximum absolute atomic E-state index is 12.4.